The third kappa shape index (κ3) is 1.90. The average molecular weight is 162 g/mol. The van der Waals surface area contributed by atoms with E-state index in [9.17, 15) is 10.2 Å². The second-order valence-electron chi connectivity index (χ2n) is 2.83. The molecule has 0 spiro atoms. The molecule has 1 unspecified atom stereocenters. The lowest BCUT2D eigenvalue weighted by molar-refractivity contribution is -0.129. The van der Waals surface area contributed by atoms with E-state index in [1.165, 1.54) is 0 Å². The molecule has 0 aromatic carbocycles. The van der Waals surface area contributed by atoms with Gasteiger partial charge in [-0.2, -0.15) is 0 Å². The molecule has 0 aromatic rings. The Bertz CT molecular complexity index is 124. The van der Waals surface area contributed by atoms with Crippen molar-refractivity contribution in [3.63, 3.8) is 0 Å². The minimum Gasteiger partial charge on any atom is -0.390 e. The lowest BCUT2D eigenvalue weighted by atomic mass is 10.1. The van der Waals surface area contributed by atoms with Gasteiger partial charge in [0.25, 0.3) is 0 Å². The smallest absolute Gasteiger partial charge is 0.157 e. The topological polar surface area (TPSA) is 69.9 Å². The first-order chi connectivity index (χ1) is 5.15. The fraction of sp³-hybridized carbons (Fsp3) is 1.00. The van der Waals surface area contributed by atoms with Gasteiger partial charge in [-0.3, -0.25) is 0 Å². The number of aliphatic hydroxyl groups excluding tert-OH is 3. The van der Waals surface area contributed by atoms with E-state index in [1.54, 1.807) is 6.92 Å². The van der Waals surface area contributed by atoms with Crippen LogP contribution in [0.5, 0.6) is 0 Å². The normalized spacial score (nSPS) is 40.9. The van der Waals surface area contributed by atoms with Crippen LogP contribution in [0.15, 0.2) is 0 Å². The van der Waals surface area contributed by atoms with Crippen LogP contribution < -0.4 is 0 Å². The maximum absolute atomic E-state index is 9.25. The van der Waals surface area contributed by atoms with Crippen LogP contribution >= 0.6 is 0 Å². The molecular formula is C7H14O4. The fourth-order valence-corrected chi connectivity index (χ4v) is 1.25. The predicted octanol–water partition coefficient (Wildman–Crippen LogP) is -0.775. The molecule has 4 heteroatoms. The van der Waals surface area contributed by atoms with Crippen molar-refractivity contribution >= 4 is 0 Å². The summed E-state index contributed by atoms with van der Waals surface area (Å²) < 4.78 is 4.88. The quantitative estimate of drug-likeness (QED) is 0.498. The molecule has 0 amide bonds. The molecule has 0 aromatic heterocycles. The number of hydrogen-bond acceptors (Lipinski definition) is 4. The van der Waals surface area contributed by atoms with Crippen molar-refractivity contribution in [2.75, 3.05) is 0 Å². The Morgan fingerprint density at radius 3 is 2.55 bits per heavy atom. The second-order valence-corrected chi connectivity index (χ2v) is 2.83. The molecular weight excluding hydrogens is 148 g/mol. The van der Waals surface area contributed by atoms with Crippen molar-refractivity contribution in [2.45, 2.75) is 44.4 Å². The van der Waals surface area contributed by atoms with E-state index in [4.69, 9.17) is 9.84 Å². The zero-order valence-electron chi connectivity index (χ0n) is 6.47. The standard InChI is InChI=1S/C7H14O4/c1-2-4(8)7-5(9)3-6(10)11-7/h4-10H,2-3H2,1H3/t4-,5+,6+,7?/m0/s1. The third-order valence-corrected chi connectivity index (χ3v) is 1.93. The van der Waals surface area contributed by atoms with Crippen molar-refractivity contribution in [1.82, 2.24) is 0 Å². The van der Waals surface area contributed by atoms with Crippen molar-refractivity contribution in [3.8, 4) is 0 Å². The van der Waals surface area contributed by atoms with Crippen molar-refractivity contribution in [2.24, 2.45) is 0 Å². The highest BCUT2D eigenvalue weighted by Crippen LogP contribution is 2.22. The van der Waals surface area contributed by atoms with Gasteiger partial charge in [-0.25, -0.2) is 0 Å². The zero-order valence-corrected chi connectivity index (χ0v) is 6.47. The van der Waals surface area contributed by atoms with Crippen LogP contribution in [0.25, 0.3) is 0 Å². The Balaban J connectivity index is 2.45. The van der Waals surface area contributed by atoms with Gasteiger partial charge >= 0.3 is 0 Å². The molecule has 0 bridgehead atoms. The summed E-state index contributed by atoms with van der Waals surface area (Å²) in [5.41, 5.74) is 0. The van der Waals surface area contributed by atoms with Gasteiger partial charge < -0.3 is 20.1 Å². The highest BCUT2D eigenvalue weighted by molar-refractivity contribution is 4.82. The molecule has 0 radical (unpaired) electrons. The highest BCUT2D eigenvalue weighted by atomic mass is 16.6. The van der Waals surface area contributed by atoms with Gasteiger partial charge in [-0.05, 0) is 6.42 Å². The number of ether oxygens (including phenoxy) is 1. The molecule has 1 aliphatic heterocycles. The first-order valence-corrected chi connectivity index (χ1v) is 3.84. The summed E-state index contributed by atoms with van der Waals surface area (Å²) in [6, 6.07) is 0. The molecule has 3 N–H and O–H groups in total. The molecule has 1 heterocycles. The largest absolute Gasteiger partial charge is 0.390 e. The summed E-state index contributed by atoms with van der Waals surface area (Å²) in [7, 11) is 0. The maximum atomic E-state index is 9.25. The van der Waals surface area contributed by atoms with Gasteiger partial charge in [0.15, 0.2) is 6.29 Å². The third-order valence-electron chi connectivity index (χ3n) is 1.93. The molecule has 1 saturated heterocycles. The molecule has 1 fully saturated rings. The van der Waals surface area contributed by atoms with E-state index >= 15 is 0 Å². The van der Waals surface area contributed by atoms with Crippen molar-refractivity contribution in [1.29, 1.82) is 0 Å². The van der Waals surface area contributed by atoms with E-state index in [0.717, 1.165) is 0 Å². The van der Waals surface area contributed by atoms with Gasteiger partial charge in [0.1, 0.15) is 6.10 Å². The van der Waals surface area contributed by atoms with Gasteiger partial charge in [0, 0.05) is 6.42 Å². The molecule has 4 atom stereocenters. The van der Waals surface area contributed by atoms with Crippen molar-refractivity contribution < 1.29 is 20.1 Å². The Labute approximate surface area is 65.4 Å². The minimum atomic E-state index is -0.920. The Morgan fingerprint density at radius 1 is 1.55 bits per heavy atom. The Morgan fingerprint density at radius 2 is 2.18 bits per heavy atom. The molecule has 1 aliphatic rings. The summed E-state index contributed by atoms with van der Waals surface area (Å²) in [5.74, 6) is 0. The number of rotatable bonds is 2. The Kier molecular flexibility index (Phi) is 2.84. The summed E-state index contributed by atoms with van der Waals surface area (Å²) >= 11 is 0. The number of hydrogen-bond donors (Lipinski definition) is 3. The van der Waals surface area contributed by atoms with Crippen LogP contribution in [0, 0.1) is 0 Å². The second kappa shape index (κ2) is 3.49. The van der Waals surface area contributed by atoms with Crippen LogP contribution in [-0.4, -0.2) is 39.9 Å². The van der Waals surface area contributed by atoms with Crippen LogP contribution in [-0.2, 0) is 4.74 Å². The SMILES string of the molecule is CC[C@H](O)C1O[C@@H](O)C[C@H]1O. The Hall–Kier alpha value is -0.160. The molecule has 0 saturated carbocycles. The molecule has 66 valence electrons. The lowest BCUT2D eigenvalue weighted by Gasteiger charge is -2.18. The van der Waals surface area contributed by atoms with Crippen LogP contribution in [0.4, 0.5) is 0 Å². The van der Waals surface area contributed by atoms with E-state index < -0.39 is 24.6 Å². The first kappa shape index (κ1) is 8.93. The van der Waals surface area contributed by atoms with Crippen LogP contribution in [0.2, 0.25) is 0 Å². The van der Waals surface area contributed by atoms with Crippen molar-refractivity contribution in [3.05, 3.63) is 0 Å². The van der Waals surface area contributed by atoms with E-state index in [-0.39, 0.29) is 6.42 Å². The molecule has 4 nitrogen and oxygen atoms in total. The van der Waals surface area contributed by atoms with Crippen LogP contribution in [0.1, 0.15) is 19.8 Å². The summed E-state index contributed by atoms with van der Waals surface area (Å²) in [6.07, 6.45) is -2.23. The molecule has 0 aliphatic carbocycles. The zero-order chi connectivity index (χ0) is 8.43. The maximum Gasteiger partial charge on any atom is 0.157 e. The molecule has 1 rings (SSSR count). The van der Waals surface area contributed by atoms with Gasteiger partial charge in [0.2, 0.25) is 0 Å². The monoisotopic (exact) mass is 162 g/mol. The highest BCUT2D eigenvalue weighted by Gasteiger charge is 2.36. The van der Waals surface area contributed by atoms with Gasteiger partial charge in [-0.15, -0.1) is 0 Å². The van der Waals surface area contributed by atoms with Gasteiger partial charge in [0.05, 0.1) is 12.2 Å². The van der Waals surface area contributed by atoms with E-state index in [1.807, 2.05) is 0 Å². The molecule has 11 heavy (non-hydrogen) atoms. The summed E-state index contributed by atoms with van der Waals surface area (Å²) in [5, 5.41) is 27.4. The first-order valence-electron chi connectivity index (χ1n) is 3.84. The van der Waals surface area contributed by atoms with E-state index in [2.05, 4.69) is 0 Å². The van der Waals surface area contributed by atoms with Crippen LogP contribution in [0.3, 0.4) is 0 Å². The summed E-state index contributed by atoms with van der Waals surface area (Å²) in [4.78, 5) is 0. The van der Waals surface area contributed by atoms with E-state index in [0.29, 0.717) is 6.42 Å². The van der Waals surface area contributed by atoms with Gasteiger partial charge in [-0.1, -0.05) is 6.92 Å². The average Bonchev–Trinajstić information content (AvgIpc) is 2.28. The lowest BCUT2D eigenvalue weighted by Crippen LogP contribution is -2.33. The minimum absolute atomic E-state index is 0.196. The summed E-state index contributed by atoms with van der Waals surface area (Å²) in [6.45, 7) is 1.80. The fourth-order valence-electron chi connectivity index (χ4n) is 1.25. The number of aliphatic hydroxyl groups is 3. The predicted molar refractivity (Wildman–Crippen MR) is 37.8 cm³/mol.